The van der Waals surface area contributed by atoms with E-state index in [9.17, 15) is 14.7 Å². The summed E-state index contributed by atoms with van der Waals surface area (Å²) in [4.78, 5) is 25.5. The molecule has 0 bridgehead atoms. The van der Waals surface area contributed by atoms with Gasteiger partial charge in [0.2, 0.25) is 0 Å². The largest absolute Gasteiger partial charge is 0.477 e. The van der Waals surface area contributed by atoms with Gasteiger partial charge in [-0.05, 0) is 18.6 Å². The summed E-state index contributed by atoms with van der Waals surface area (Å²) >= 11 is 6.91. The number of β-lactam (4-membered cyclic amide) rings is 1. The number of benzene rings is 1. The Morgan fingerprint density at radius 2 is 2.09 bits per heavy atom. The molecule has 0 saturated carbocycles. The number of carbonyl (C=O) groups is 2. The first-order chi connectivity index (χ1) is 11.0. The highest BCUT2D eigenvalue weighted by Gasteiger charge is 2.53. The van der Waals surface area contributed by atoms with Gasteiger partial charge in [0, 0.05) is 11.7 Å². The maximum absolute atomic E-state index is 12.3. The van der Waals surface area contributed by atoms with E-state index in [0.29, 0.717) is 11.4 Å². The Morgan fingerprint density at radius 1 is 1.39 bits per heavy atom. The van der Waals surface area contributed by atoms with Crippen molar-refractivity contribution in [1.29, 1.82) is 0 Å². The van der Waals surface area contributed by atoms with Gasteiger partial charge in [0.15, 0.2) is 0 Å². The van der Waals surface area contributed by atoms with E-state index in [1.165, 1.54) is 4.90 Å². The first-order valence-corrected chi connectivity index (χ1v) is 8.59. The lowest BCUT2D eigenvalue weighted by Crippen LogP contribution is -2.70. The SMILES string of the molecule is CC1C=C(C(=O)O)N2C(=O)C(NC(=S)Cc3ccccc3)[C@@H]2S1. The van der Waals surface area contributed by atoms with Crippen LogP contribution in [0.5, 0.6) is 0 Å². The van der Waals surface area contributed by atoms with Gasteiger partial charge in [0.05, 0.1) is 4.99 Å². The molecule has 1 aromatic carbocycles. The number of hydrogen-bond acceptors (Lipinski definition) is 4. The number of rotatable bonds is 4. The van der Waals surface area contributed by atoms with Crippen molar-refractivity contribution in [2.24, 2.45) is 0 Å². The van der Waals surface area contributed by atoms with Crippen LogP contribution in [0.3, 0.4) is 0 Å². The van der Waals surface area contributed by atoms with Gasteiger partial charge in [-0.1, -0.05) is 42.5 Å². The molecule has 3 atom stereocenters. The first kappa shape index (κ1) is 16.0. The number of thiocarbonyl (C=S) groups is 1. The van der Waals surface area contributed by atoms with E-state index in [0.717, 1.165) is 5.56 Å². The van der Waals surface area contributed by atoms with Gasteiger partial charge in [-0.15, -0.1) is 11.8 Å². The summed E-state index contributed by atoms with van der Waals surface area (Å²) in [6.45, 7) is 1.92. The highest BCUT2D eigenvalue weighted by atomic mass is 32.2. The topological polar surface area (TPSA) is 69.6 Å². The lowest BCUT2D eigenvalue weighted by Gasteiger charge is -2.49. The normalized spacial score (nSPS) is 26.0. The molecule has 1 aromatic rings. The predicted molar refractivity (Wildman–Crippen MR) is 93.1 cm³/mol. The zero-order valence-corrected chi connectivity index (χ0v) is 14.1. The summed E-state index contributed by atoms with van der Waals surface area (Å²) in [5, 5.41) is 12.2. The van der Waals surface area contributed by atoms with Gasteiger partial charge in [-0.2, -0.15) is 0 Å². The Kier molecular flexibility index (Phi) is 4.41. The standard InChI is InChI=1S/C16H16N2O3S2/c1-9-7-11(16(20)21)18-14(19)13(15(18)23-9)17-12(22)8-10-5-3-2-4-6-10/h2-7,9,13,15H,8H2,1H3,(H,17,22)(H,20,21)/t9?,13?,15-/m0/s1. The molecular formula is C16H16N2O3S2. The third kappa shape index (κ3) is 3.11. The number of nitrogens with zero attached hydrogens (tertiary/aromatic N) is 1. The summed E-state index contributed by atoms with van der Waals surface area (Å²) in [5.74, 6) is -1.31. The number of fused-ring (bicyclic) bond motifs is 1. The number of thioether (sulfide) groups is 1. The smallest absolute Gasteiger partial charge is 0.352 e. The van der Waals surface area contributed by atoms with E-state index in [1.807, 2.05) is 37.3 Å². The number of aliphatic carboxylic acids is 1. The molecule has 120 valence electrons. The van der Waals surface area contributed by atoms with Crippen LogP contribution >= 0.6 is 24.0 Å². The minimum absolute atomic E-state index is 0.0439. The number of nitrogens with one attached hydrogen (secondary N) is 1. The minimum Gasteiger partial charge on any atom is -0.477 e. The molecule has 1 amide bonds. The van der Waals surface area contributed by atoms with E-state index in [1.54, 1.807) is 17.8 Å². The van der Waals surface area contributed by atoms with Crippen molar-refractivity contribution in [2.75, 3.05) is 0 Å². The second kappa shape index (κ2) is 6.33. The van der Waals surface area contributed by atoms with E-state index in [-0.39, 0.29) is 22.2 Å². The van der Waals surface area contributed by atoms with Crippen LogP contribution < -0.4 is 5.32 Å². The summed E-state index contributed by atoms with van der Waals surface area (Å²) < 4.78 is 0. The van der Waals surface area contributed by atoms with Crippen LogP contribution in [0.4, 0.5) is 0 Å². The molecular weight excluding hydrogens is 332 g/mol. The number of hydrogen-bond donors (Lipinski definition) is 2. The van der Waals surface area contributed by atoms with Crippen molar-refractivity contribution in [3.63, 3.8) is 0 Å². The Bertz CT molecular complexity index is 690. The lowest BCUT2D eigenvalue weighted by atomic mass is 10.0. The van der Waals surface area contributed by atoms with Crippen LogP contribution in [0.2, 0.25) is 0 Å². The number of carbonyl (C=O) groups excluding carboxylic acids is 1. The zero-order chi connectivity index (χ0) is 16.6. The van der Waals surface area contributed by atoms with Gasteiger partial charge in [0.1, 0.15) is 17.1 Å². The van der Waals surface area contributed by atoms with Crippen LogP contribution in [0.25, 0.3) is 0 Å². The fourth-order valence-electron chi connectivity index (χ4n) is 2.73. The molecule has 0 radical (unpaired) electrons. The molecule has 3 rings (SSSR count). The molecule has 1 fully saturated rings. The van der Waals surface area contributed by atoms with Crippen molar-refractivity contribution < 1.29 is 14.7 Å². The van der Waals surface area contributed by atoms with Gasteiger partial charge >= 0.3 is 5.97 Å². The molecule has 7 heteroatoms. The maximum Gasteiger partial charge on any atom is 0.352 e. The summed E-state index contributed by atoms with van der Waals surface area (Å²) in [6, 6.07) is 9.32. The average molecular weight is 348 g/mol. The highest BCUT2D eigenvalue weighted by molar-refractivity contribution is 8.00. The molecule has 1 saturated heterocycles. The predicted octanol–water partition coefficient (Wildman–Crippen LogP) is 1.79. The van der Waals surface area contributed by atoms with Crippen LogP contribution in [-0.2, 0) is 16.0 Å². The van der Waals surface area contributed by atoms with Crippen molar-refractivity contribution in [3.05, 3.63) is 47.7 Å². The van der Waals surface area contributed by atoms with Gasteiger partial charge in [-0.25, -0.2) is 4.79 Å². The number of carboxylic acids is 1. The molecule has 2 aliphatic rings. The molecule has 0 aromatic heterocycles. The van der Waals surface area contributed by atoms with E-state index >= 15 is 0 Å². The summed E-state index contributed by atoms with van der Waals surface area (Å²) in [5.41, 5.74) is 1.14. The Morgan fingerprint density at radius 3 is 2.74 bits per heavy atom. The molecule has 5 nitrogen and oxygen atoms in total. The summed E-state index contributed by atoms with van der Waals surface area (Å²) in [6.07, 6.45) is 2.18. The van der Waals surface area contributed by atoms with Crippen molar-refractivity contribution >= 4 is 40.8 Å². The van der Waals surface area contributed by atoms with Crippen molar-refractivity contribution in [1.82, 2.24) is 10.2 Å². The van der Waals surface area contributed by atoms with Crippen LogP contribution in [0.1, 0.15) is 12.5 Å². The molecule has 2 N–H and O–H groups in total. The summed E-state index contributed by atoms with van der Waals surface area (Å²) in [7, 11) is 0. The van der Waals surface area contributed by atoms with Gasteiger partial charge in [-0.3, -0.25) is 9.69 Å². The molecule has 0 aliphatic carbocycles. The fourth-order valence-corrected chi connectivity index (χ4v) is 4.36. The van der Waals surface area contributed by atoms with Crippen molar-refractivity contribution in [3.8, 4) is 0 Å². The van der Waals surface area contributed by atoms with Gasteiger partial charge < -0.3 is 10.4 Å². The monoisotopic (exact) mass is 348 g/mol. The van der Waals surface area contributed by atoms with E-state index < -0.39 is 12.0 Å². The number of carboxylic acid groups (broad SMARTS) is 1. The van der Waals surface area contributed by atoms with Crippen LogP contribution in [0.15, 0.2) is 42.1 Å². The lowest BCUT2D eigenvalue weighted by molar-refractivity contribution is -0.148. The van der Waals surface area contributed by atoms with E-state index in [2.05, 4.69) is 5.32 Å². The fraction of sp³-hybridized carbons (Fsp3) is 0.312. The number of amides is 1. The minimum atomic E-state index is -1.07. The van der Waals surface area contributed by atoms with Crippen molar-refractivity contribution in [2.45, 2.75) is 30.0 Å². The average Bonchev–Trinajstić information content (AvgIpc) is 2.52. The van der Waals surface area contributed by atoms with Gasteiger partial charge in [0.25, 0.3) is 5.91 Å². The zero-order valence-electron chi connectivity index (χ0n) is 12.4. The Labute approximate surface area is 143 Å². The Balaban J connectivity index is 1.67. The van der Waals surface area contributed by atoms with Crippen LogP contribution in [-0.4, -0.2) is 43.5 Å². The van der Waals surface area contributed by atoms with E-state index in [4.69, 9.17) is 12.2 Å². The molecule has 23 heavy (non-hydrogen) atoms. The molecule has 2 heterocycles. The molecule has 2 aliphatic heterocycles. The Hall–Kier alpha value is -1.86. The molecule has 0 spiro atoms. The second-order valence-electron chi connectivity index (χ2n) is 5.50. The second-order valence-corrected chi connectivity index (χ2v) is 7.50. The quantitative estimate of drug-likeness (QED) is 0.639. The van der Waals surface area contributed by atoms with Crippen LogP contribution in [0, 0.1) is 0 Å². The maximum atomic E-state index is 12.3. The first-order valence-electron chi connectivity index (χ1n) is 7.24. The highest BCUT2D eigenvalue weighted by Crippen LogP contribution is 2.40. The third-order valence-electron chi connectivity index (χ3n) is 3.79. The third-order valence-corrected chi connectivity index (χ3v) is 5.38. The molecule has 2 unspecified atom stereocenters.